The van der Waals surface area contributed by atoms with Crippen LogP contribution in [0.5, 0.6) is 0 Å². The number of nitrogens with two attached hydrogens (primary N) is 1. The van der Waals surface area contributed by atoms with Crippen LogP contribution in [0.4, 0.5) is 5.69 Å². The molecule has 0 spiro atoms. The van der Waals surface area contributed by atoms with E-state index < -0.39 is 0 Å². The fourth-order valence-corrected chi connectivity index (χ4v) is 1.50. The molecule has 0 fully saturated rings. The summed E-state index contributed by atoms with van der Waals surface area (Å²) < 4.78 is 5.50. The average molecular weight is 251 g/mol. The Balaban J connectivity index is 2.56. The second kappa shape index (κ2) is 6.86. The van der Waals surface area contributed by atoms with Crippen LogP contribution in [0, 0.1) is 0 Å². The lowest BCUT2D eigenvalue weighted by atomic mass is 10.2. The van der Waals surface area contributed by atoms with Crippen LogP contribution in [0.2, 0.25) is 0 Å². The van der Waals surface area contributed by atoms with Crippen LogP contribution in [0.25, 0.3) is 0 Å². The molecule has 18 heavy (non-hydrogen) atoms. The van der Waals surface area contributed by atoms with Gasteiger partial charge in [-0.05, 0) is 38.1 Å². The molecule has 0 heterocycles. The summed E-state index contributed by atoms with van der Waals surface area (Å²) in [5.41, 5.74) is 7.27. The van der Waals surface area contributed by atoms with Gasteiger partial charge in [-0.25, -0.2) is 0 Å². The molecule has 100 valence electrons. The van der Waals surface area contributed by atoms with Gasteiger partial charge in [-0.15, -0.1) is 0 Å². The Kier molecular flexibility index (Phi) is 5.45. The van der Waals surface area contributed by atoms with Crippen molar-refractivity contribution in [3.05, 3.63) is 29.8 Å². The molecule has 0 amide bonds. The van der Waals surface area contributed by atoms with Gasteiger partial charge in [0.2, 0.25) is 0 Å². The highest BCUT2D eigenvalue weighted by molar-refractivity contribution is 5.97. The van der Waals surface area contributed by atoms with E-state index in [1.165, 1.54) is 0 Å². The number of benzene rings is 1. The molecule has 3 N–H and O–H groups in total. The number of amidine groups is 1. The van der Waals surface area contributed by atoms with Crippen molar-refractivity contribution in [3.63, 3.8) is 0 Å². The average Bonchev–Trinajstić information content (AvgIpc) is 2.37. The van der Waals surface area contributed by atoms with Crippen molar-refractivity contribution < 1.29 is 9.94 Å². The molecule has 0 aliphatic carbocycles. The summed E-state index contributed by atoms with van der Waals surface area (Å²) >= 11 is 0. The number of hydrogen-bond acceptors (Lipinski definition) is 4. The maximum atomic E-state index is 8.57. The first-order valence-corrected chi connectivity index (χ1v) is 5.95. The molecular formula is C13H21N3O2. The minimum Gasteiger partial charge on any atom is -0.409 e. The van der Waals surface area contributed by atoms with E-state index in [0.717, 1.165) is 12.2 Å². The lowest BCUT2D eigenvalue weighted by Gasteiger charge is -2.20. The largest absolute Gasteiger partial charge is 0.409 e. The van der Waals surface area contributed by atoms with Gasteiger partial charge < -0.3 is 20.6 Å². The summed E-state index contributed by atoms with van der Waals surface area (Å²) in [6, 6.07) is 7.51. The van der Waals surface area contributed by atoms with Crippen LogP contribution in [0.1, 0.15) is 19.4 Å². The van der Waals surface area contributed by atoms with E-state index in [4.69, 9.17) is 15.7 Å². The molecule has 0 unspecified atom stereocenters. The number of oxime groups is 1. The Hall–Kier alpha value is -1.75. The van der Waals surface area contributed by atoms with Gasteiger partial charge in [0.15, 0.2) is 5.84 Å². The van der Waals surface area contributed by atoms with Crippen molar-refractivity contribution in [3.8, 4) is 0 Å². The van der Waals surface area contributed by atoms with Crippen molar-refractivity contribution in [1.29, 1.82) is 0 Å². The van der Waals surface area contributed by atoms with Gasteiger partial charge in [-0.1, -0.05) is 5.16 Å². The molecule has 0 aliphatic heterocycles. The molecule has 0 radical (unpaired) electrons. The standard InChI is InChI=1S/C13H21N3O2/c1-10(2)18-9-8-16(3)12-6-4-11(5-7-12)13(14)15-17/h4-7,10,17H,8-9H2,1-3H3,(H2,14,15). The van der Waals surface area contributed by atoms with Crippen LogP contribution in [0.3, 0.4) is 0 Å². The fourth-order valence-electron chi connectivity index (χ4n) is 1.50. The number of ether oxygens (including phenoxy) is 1. The number of anilines is 1. The number of hydrogen-bond donors (Lipinski definition) is 2. The molecule has 0 atom stereocenters. The molecule has 5 nitrogen and oxygen atoms in total. The number of nitrogens with zero attached hydrogens (tertiary/aromatic N) is 2. The molecule has 1 rings (SSSR count). The monoisotopic (exact) mass is 251 g/mol. The predicted octanol–water partition coefficient (Wildman–Crippen LogP) is 1.64. The molecule has 1 aromatic rings. The van der Waals surface area contributed by atoms with Gasteiger partial charge in [-0.3, -0.25) is 0 Å². The van der Waals surface area contributed by atoms with E-state index in [1.807, 2.05) is 45.2 Å². The van der Waals surface area contributed by atoms with Crippen LogP contribution < -0.4 is 10.6 Å². The second-order valence-electron chi connectivity index (χ2n) is 4.37. The third-order valence-electron chi connectivity index (χ3n) is 2.59. The zero-order chi connectivity index (χ0) is 13.5. The summed E-state index contributed by atoms with van der Waals surface area (Å²) in [6.07, 6.45) is 0.251. The van der Waals surface area contributed by atoms with Gasteiger partial charge in [0.25, 0.3) is 0 Å². The maximum absolute atomic E-state index is 8.57. The molecular weight excluding hydrogens is 230 g/mol. The third kappa shape index (κ3) is 4.25. The Labute approximate surface area is 108 Å². The first-order chi connectivity index (χ1) is 8.54. The van der Waals surface area contributed by atoms with E-state index in [-0.39, 0.29) is 11.9 Å². The number of rotatable bonds is 6. The lowest BCUT2D eigenvalue weighted by molar-refractivity contribution is 0.0846. The van der Waals surface area contributed by atoms with E-state index in [0.29, 0.717) is 12.2 Å². The molecule has 1 aromatic carbocycles. The lowest BCUT2D eigenvalue weighted by Crippen LogP contribution is -2.24. The SMILES string of the molecule is CC(C)OCCN(C)c1ccc(/C(N)=N/O)cc1. The van der Waals surface area contributed by atoms with E-state index in [2.05, 4.69) is 10.1 Å². The van der Waals surface area contributed by atoms with Gasteiger partial charge >= 0.3 is 0 Å². The minimum absolute atomic E-state index is 0.118. The first-order valence-electron chi connectivity index (χ1n) is 5.95. The molecule has 0 aliphatic rings. The smallest absolute Gasteiger partial charge is 0.170 e. The van der Waals surface area contributed by atoms with Gasteiger partial charge in [0.05, 0.1) is 12.7 Å². The third-order valence-corrected chi connectivity index (χ3v) is 2.59. The van der Waals surface area contributed by atoms with E-state index in [1.54, 1.807) is 0 Å². The van der Waals surface area contributed by atoms with Crippen LogP contribution in [0.15, 0.2) is 29.4 Å². The Bertz CT molecular complexity index is 388. The predicted molar refractivity (Wildman–Crippen MR) is 73.3 cm³/mol. The maximum Gasteiger partial charge on any atom is 0.170 e. The normalized spacial score (nSPS) is 11.9. The first kappa shape index (κ1) is 14.3. The van der Waals surface area contributed by atoms with Crippen LogP contribution in [-0.2, 0) is 4.74 Å². The minimum atomic E-state index is 0.118. The van der Waals surface area contributed by atoms with Crippen LogP contribution >= 0.6 is 0 Å². The molecule has 0 saturated carbocycles. The zero-order valence-corrected chi connectivity index (χ0v) is 11.1. The highest BCUT2D eigenvalue weighted by Gasteiger charge is 2.03. The van der Waals surface area contributed by atoms with Crippen molar-refractivity contribution in [2.45, 2.75) is 20.0 Å². The molecule has 5 heteroatoms. The summed E-state index contributed by atoms with van der Waals surface area (Å²) in [4.78, 5) is 2.10. The fraction of sp³-hybridized carbons (Fsp3) is 0.462. The highest BCUT2D eigenvalue weighted by atomic mass is 16.5. The van der Waals surface area contributed by atoms with Gasteiger partial charge in [0, 0.05) is 24.8 Å². The summed E-state index contributed by atoms with van der Waals surface area (Å²) in [6.45, 7) is 5.55. The summed E-state index contributed by atoms with van der Waals surface area (Å²) in [5, 5.41) is 11.5. The quantitative estimate of drug-likeness (QED) is 0.349. The van der Waals surface area contributed by atoms with Crippen molar-refractivity contribution >= 4 is 11.5 Å². The van der Waals surface area contributed by atoms with Gasteiger partial charge in [0.1, 0.15) is 0 Å². The summed E-state index contributed by atoms with van der Waals surface area (Å²) in [7, 11) is 2.00. The molecule has 0 aromatic heterocycles. The zero-order valence-electron chi connectivity index (χ0n) is 11.1. The Morgan fingerprint density at radius 3 is 2.50 bits per heavy atom. The summed E-state index contributed by atoms with van der Waals surface area (Å²) in [5.74, 6) is 0.118. The molecule has 0 bridgehead atoms. The Morgan fingerprint density at radius 2 is 2.00 bits per heavy atom. The van der Waals surface area contributed by atoms with E-state index in [9.17, 15) is 0 Å². The molecule has 0 saturated heterocycles. The van der Waals surface area contributed by atoms with Gasteiger partial charge in [-0.2, -0.15) is 0 Å². The van der Waals surface area contributed by atoms with Crippen molar-refractivity contribution in [2.75, 3.05) is 25.1 Å². The van der Waals surface area contributed by atoms with Crippen molar-refractivity contribution in [1.82, 2.24) is 0 Å². The van der Waals surface area contributed by atoms with Crippen LogP contribution in [-0.4, -0.2) is 37.3 Å². The Morgan fingerprint density at radius 1 is 1.39 bits per heavy atom. The number of likely N-dealkylation sites (N-methyl/N-ethyl adjacent to an activating group) is 1. The topological polar surface area (TPSA) is 71.1 Å². The van der Waals surface area contributed by atoms with Crippen molar-refractivity contribution in [2.24, 2.45) is 10.9 Å². The highest BCUT2D eigenvalue weighted by Crippen LogP contribution is 2.13. The second-order valence-corrected chi connectivity index (χ2v) is 4.37. The van der Waals surface area contributed by atoms with E-state index >= 15 is 0 Å².